The topological polar surface area (TPSA) is 25.6 Å². The SMILES string of the molecule is c1ccc(-c2oc3c(ccc4ccccc43)c2-c2ccc(OCCN3CCCC3)cc2)cc1. The molecule has 3 heteroatoms. The first-order valence-corrected chi connectivity index (χ1v) is 11.8. The van der Waals surface area contributed by atoms with Crippen LogP contribution < -0.4 is 4.74 Å². The molecule has 4 aromatic carbocycles. The molecule has 2 heterocycles. The predicted molar refractivity (Wildman–Crippen MR) is 136 cm³/mol. The molecule has 0 amide bonds. The molecule has 0 unspecified atom stereocenters. The lowest BCUT2D eigenvalue weighted by atomic mass is 9.97. The minimum atomic E-state index is 0.731. The van der Waals surface area contributed by atoms with Crippen LogP contribution in [0.25, 0.3) is 44.2 Å². The van der Waals surface area contributed by atoms with Gasteiger partial charge in [0.15, 0.2) is 0 Å². The van der Waals surface area contributed by atoms with Crippen molar-refractivity contribution >= 4 is 21.7 Å². The van der Waals surface area contributed by atoms with E-state index in [9.17, 15) is 0 Å². The van der Waals surface area contributed by atoms with Gasteiger partial charge < -0.3 is 9.15 Å². The quantitative estimate of drug-likeness (QED) is 0.279. The molecule has 1 fully saturated rings. The van der Waals surface area contributed by atoms with Gasteiger partial charge >= 0.3 is 0 Å². The standard InChI is InChI=1S/C30H27NO2/c1-2-9-24(10-3-1)29-28(27-17-14-22-8-4-5-11-26(22)30(27)33-29)23-12-15-25(16-13-23)32-21-20-31-18-6-7-19-31/h1-5,8-17H,6-7,18-21H2. The van der Waals surface area contributed by atoms with E-state index < -0.39 is 0 Å². The van der Waals surface area contributed by atoms with Crippen molar-refractivity contribution in [2.24, 2.45) is 0 Å². The lowest BCUT2D eigenvalue weighted by molar-refractivity contribution is 0.238. The number of furan rings is 1. The van der Waals surface area contributed by atoms with Crippen LogP contribution in [-0.2, 0) is 0 Å². The van der Waals surface area contributed by atoms with Gasteiger partial charge in [-0.05, 0) is 55.1 Å². The van der Waals surface area contributed by atoms with Crippen molar-refractivity contribution in [1.82, 2.24) is 4.90 Å². The van der Waals surface area contributed by atoms with Gasteiger partial charge in [-0.1, -0.05) is 72.8 Å². The van der Waals surface area contributed by atoms with Crippen molar-refractivity contribution in [2.75, 3.05) is 26.2 Å². The van der Waals surface area contributed by atoms with E-state index >= 15 is 0 Å². The first-order chi connectivity index (χ1) is 16.4. The Kier molecular flexibility index (Phi) is 5.33. The van der Waals surface area contributed by atoms with Crippen LogP contribution in [0.5, 0.6) is 5.75 Å². The molecule has 1 aromatic heterocycles. The zero-order chi connectivity index (χ0) is 22.0. The van der Waals surface area contributed by atoms with Gasteiger partial charge in [-0.2, -0.15) is 0 Å². The van der Waals surface area contributed by atoms with Gasteiger partial charge in [-0.15, -0.1) is 0 Å². The Morgan fingerprint density at radius 1 is 0.697 bits per heavy atom. The Bertz CT molecular complexity index is 1380. The summed E-state index contributed by atoms with van der Waals surface area (Å²) in [6.07, 6.45) is 2.62. The van der Waals surface area contributed by atoms with Gasteiger partial charge in [-0.3, -0.25) is 4.90 Å². The van der Waals surface area contributed by atoms with Crippen molar-refractivity contribution < 1.29 is 9.15 Å². The first kappa shape index (κ1) is 20.1. The summed E-state index contributed by atoms with van der Waals surface area (Å²) in [5, 5.41) is 3.46. The Hall–Kier alpha value is -3.56. The fourth-order valence-electron chi connectivity index (χ4n) is 4.92. The molecule has 0 radical (unpaired) electrons. The molecule has 3 nitrogen and oxygen atoms in total. The molecule has 0 atom stereocenters. The second-order valence-corrected chi connectivity index (χ2v) is 8.76. The van der Waals surface area contributed by atoms with Crippen LogP contribution in [0.15, 0.2) is 95.4 Å². The van der Waals surface area contributed by atoms with E-state index in [-0.39, 0.29) is 0 Å². The zero-order valence-electron chi connectivity index (χ0n) is 18.7. The summed E-state index contributed by atoms with van der Waals surface area (Å²) < 4.78 is 12.6. The zero-order valence-corrected chi connectivity index (χ0v) is 18.7. The fourth-order valence-corrected chi connectivity index (χ4v) is 4.92. The van der Waals surface area contributed by atoms with E-state index in [0.29, 0.717) is 0 Å². The third-order valence-corrected chi connectivity index (χ3v) is 6.63. The molecule has 33 heavy (non-hydrogen) atoms. The summed E-state index contributed by atoms with van der Waals surface area (Å²) >= 11 is 0. The van der Waals surface area contributed by atoms with Gasteiger partial charge in [0.1, 0.15) is 23.7 Å². The van der Waals surface area contributed by atoms with Crippen molar-refractivity contribution in [2.45, 2.75) is 12.8 Å². The molecule has 164 valence electrons. The molecule has 0 saturated carbocycles. The second-order valence-electron chi connectivity index (χ2n) is 8.76. The molecular formula is C30H27NO2. The number of hydrogen-bond acceptors (Lipinski definition) is 3. The van der Waals surface area contributed by atoms with Crippen molar-refractivity contribution in [3.05, 3.63) is 91.0 Å². The third-order valence-electron chi connectivity index (χ3n) is 6.63. The maximum atomic E-state index is 6.57. The number of likely N-dealkylation sites (tertiary alicyclic amines) is 1. The molecule has 0 bridgehead atoms. The van der Waals surface area contributed by atoms with Crippen molar-refractivity contribution in [1.29, 1.82) is 0 Å². The van der Waals surface area contributed by atoms with Crippen LogP contribution >= 0.6 is 0 Å². The van der Waals surface area contributed by atoms with E-state index in [4.69, 9.17) is 9.15 Å². The van der Waals surface area contributed by atoms with Gasteiger partial charge in [-0.25, -0.2) is 0 Å². The molecule has 0 N–H and O–H groups in total. The summed E-state index contributed by atoms with van der Waals surface area (Å²) in [5.41, 5.74) is 4.28. The molecule has 1 saturated heterocycles. The lowest BCUT2D eigenvalue weighted by Crippen LogP contribution is -2.25. The van der Waals surface area contributed by atoms with Crippen molar-refractivity contribution in [3.63, 3.8) is 0 Å². The minimum absolute atomic E-state index is 0.731. The predicted octanol–water partition coefficient (Wildman–Crippen LogP) is 7.39. The average Bonchev–Trinajstić information content (AvgIpc) is 3.53. The first-order valence-electron chi connectivity index (χ1n) is 11.8. The highest BCUT2D eigenvalue weighted by Crippen LogP contribution is 2.43. The fraction of sp³-hybridized carbons (Fsp3) is 0.200. The Labute approximate surface area is 194 Å². The second kappa shape index (κ2) is 8.76. The van der Waals surface area contributed by atoms with Crippen molar-refractivity contribution in [3.8, 4) is 28.2 Å². The number of nitrogens with zero attached hydrogens (tertiary/aromatic N) is 1. The summed E-state index contributed by atoms with van der Waals surface area (Å²) in [6, 6.07) is 31.6. The number of benzene rings is 4. The maximum Gasteiger partial charge on any atom is 0.143 e. The molecule has 1 aliphatic rings. The third kappa shape index (κ3) is 3.90. The van der Waals surface area contributed by atoms with Crippen LogP contribution in [-0.4, -0.2) is 31.1 Å². The molecule has 5 aromatic rings. The maximum absolute atomic E-state index is 6.57. The van der Waals surface area contributed by atoms with Gasteiger partial charge in [0.05, 0.1) is 0 Å². The van der Waals surface area contributed by atoms with Gasteiger partial charge in [0.25, 0.3) is 0 Å². The van der Waals surface area contributed by atoms with Gasteiger partial charge in [0, 0.05) is 28.4 Å². The highest BCUT2D eigenvalue weighted by molar-refractivity contribution is 6.12. The average molecular weight is 434 g/mol. The van der Waals surface area contributed by atoms with E-state index in [1.54, 1.807) is 0 Å². The largest absolute Gasteiger partial charge is 0.492 e. The minimum Gasteiger partial charge on any atom is -0.492 e. The Balaban J connectivity index is 1.38. The Morgan fingerprint density at radius 3 is 2.27 bits per heavy atom. The summed E-state index contributed by atoms with van der Waals surface area (Å²) in [5.74, 6) is 1.82. The lowest BCUT2D eigenvalue weighted by Gasteiger charge is -2.15. The molecule has 0 spiro atoms. The number of rotatable bonds is 6. The van der Waals surface area contributed by atoms with Crippen LogP contribution in [0, 0.1) is 0 Å². The van der Waals surface area contributed by atoms with Gasteiger partial charge in [0.2, 0.25) is 0 Å². The summed E-state index contributed by atoms with van der Waals surface area (Å²) in [6.45, 7) is 4.13. The van der Waals surface area contributed by atoms with Crippen LogP contribution in [0.1, 0.15) is 12.8 Å². The van der Waals surface area contributed by atoms with Crippen LogP contribution in [0.3, 0.4) is 0 Å². The van der Waals surface area contributed by atoms with E-state index in [1.807, 2.05) is 6.07 Å². The normalized spacial score (nSPS) is 14.3. The molecular weight excluding hydrogens is 406 g/mol. The summed E-state index contributed by atoms with van der Waals surface area (Å²) in [4.78, 5) is 2.47. The monoisotopic (exact) mass is 433 g/mol. The van der Waals surface area contributed by atoms with Crippen LogP contribution in [0.2, 0.25) is 0 Å². The number of fused-ring (bicyclic) bond motifs is 3. The molecule has 1 aliphatic heterocycles. The Morgan fingerprint density at radius 2 is 1.45 bits per heavy atom. The highest BCUT2D eigenvalue weighted by atomic mass is 16.5. The molecule has 6 rings (SSSR count). The van der Waals surface area contributed by atoms with Crippen LogP contribution in [0.4, 0.5) is 0 Å². The smallest absolute Gasteiger partial charge is 0.143 e. The van der Waals surface area contributed by atoms with E-state index in [1.165, 1.54) is 31.3 Å². The molecule has 0 aliphatic carbocycles. The number of ether oxygens (including phenoxy) is 1. The number of hydrogen-bond donors (Lipinski definition) is 0. The highest BCUT2D eigenvalue weighted by Gasteiger charge is 2.19. The van der Waals surface area contributed by atoms with E-state index in [2.05, 4.69) is 89.8 Å². The van der Waals surface area contributed by atoms with E-state index in [0.717, 1.165) is 57.7 Å². The summed E-state index contributed by atoms with van der Waals surface area (Å²) in [7, 11) is 0.